The number of rotatable bonds is 2. The Balaban J connectivity index is 3.04. The number of halogens is 3. The van der Waals surface area contributed by atoms with Crippen LogP contribution in [0.15, 0.2) is 18.2 Å². The molecule has 1 aromatic rings. The van der Waals surface area contributed by atoms with Crippen molar-refractivity contribution in [1.29, 1.82) is 0 Å². The van der Waals surface area contributed by atoms with Crippen molar-refractivity contribution in [3.8, 4) is 0 Å². The Morgan fingerprint density at radius 3 is 2.40 bits per heavy atom. The minimum atomic E-state index is -4.51. The van der Waals surface area contributed by atoms with Gasteiger partial charge in [-0.1, -0.05) is 6.07 Å². The summed E-state index contributed by atoms with van der Waals surface area (Å²) in [6.45, 7) is 0. The lowest BCUT2D eigenvalue weighted by molar-refractivity contribution is -0.137. The van der Waals surface area contributed by atoms with Gasteiger partial charge in [-0.15, -0.1) is 0 Å². The Labute approximate surface area is 83.3 Å². The molecule has 1 aromatic carbocycles. The number of carbonyl (C=O) groups is 1. The van der Waals surface area contributed by atoms with Crippen LogP contribution in [0.1, 0.15) is 11.1 Å². The van der Waals surface area contributed by atoms with Gasteiger partial charge in [0.1, 0.15) is 0 Å². The molecule has 0 aliphatic rings. The van der Waals surface area contributed by atoms with Crippen LogP contribution in [0.2, 0.25) is 0 Å². The highest BCUT2D eigenvalue weighted by Gasteiger charge is 2.32. The van der Waals surface area contributed by atoms with E-state index in [1.54, 1.807) is 0 Å². The second-order valence-corrected chi connectivity index (χ2v) is 2.99. The molecular weight excluding hydrogens is 211 g/mol. The van der Waals surface area contributed by atoms with E-state index in [0.29, 0.717) is 0 Å². The molecule has 0 spiro atoms. The monoisotopic (exact) mass is 219 g/mol. The maximum absolute atomic E-state index is 12.2. The van der Waals surface area contributed by atoms with Crippen LogP contribution in [0.5, 0.6) is 0 Å². The van der Waals surface area contributed by atoms with Crippen molar-refractivity contribution < 1.29 is 23.1 Å². The standard InChI is InChI=1S/C9H8F3NO2/c10-9(11,12)6-2-1-5(3-7(6)13)4-8(14)15/h1-3H,4,13H2,(H,14,15). The van der Waals surface area contributed by atoms with Gasteiger partial charge in [0, 0.05) is 5.69 Å². The minimum absolute atomic E-state index is 0.244. The number of alkyl halides is 3. The van der Waals surface area contributed by atoms with E-state index in [9.17, 15) is 18.0 Å². The number of hydrogen-bond donors (Lipinski definition) is 2. The van der Waals surface area contributed by atoms with E-state index in [2.05, 4.69) is 0 Å². The molecule has 3 nitrogen and oxygen atoms in total. The van der Waals surface area contributed by atoms with Gasteiger partial charge in [-0.2, -0.15) is 13.2 Å². The zero-order chi connectivity index (χ0) is 11.6. The maximum Gasteiger partial charge on any atom is 0.418 e. The molecule has 0 aliphatic carbocycles. The van der Waals surface area contributed by atoms with Crippen molar-refractivity contribution >= 4 is 11.7 Å². The van der Waals surface area contributed by atoms with Gasteiger partial charge in [-0.25, -0.2) is 0 Å². The van der Waals surface area contributed by atoms with E-state index < -0.39 is 23.4 Å². The third kappa shape index (κ3) is 2.87. The van der Waals surface area contributed by atoms with Crippen LogP contribution < -0.4 is 5.73 Å². The summed E-state index contributed by atoms with van der Waals surface area (Å²) in [5.74, 6) is -1.12. The first kappa shape index (κ1) is 11.4. The van der Waals surface area contributed by atoms with Crippen molar-refractivity contribution in [3.63, 3.8) is 0 Å². The highest BCUT2D eigenvalue weighted by Crippen LogP contribution is 2.33. The van der Waals surface area contributed by atoms with Gasteiger partial charge < -0.3 is 10.8 Å². The summed E-state index contributed by atoms with van der Waals surface area (Å²) in [4.78, 5) is 10.3. The van der Waals surface area contributed by atoms with Crippen LogP contribution in [0.25, 0.3) is 0 Å². The van der Waals surface area contributed by atoms with E-state index in [0.717, 1.165) is 18.2 Å². The molecule has 0 saturated heterocycles. The van der Waals surface area contributed by atoms with Gasteiger partial charge in [0.25, 0.3) is 0 Å². The predicted molar refractivity (Wildman–Crippen MR) is 47.2 cm³/mol. The van der Waals surface area contributed by atoms with Crippen LogP contribution in [0, 0.1) is 0 Å². The van der Waals surface area contributed by atoms with E-state index >= 15 is 0 Å². The molecule has 6 heteroatoms. The Morgan fingerprint density at radius 1 is 1.40 bits per heavy atom. The van der Waals surface area contributed by atoms with Crippen LogP contribution in [0.4, 0.5) is 18.9 Å². The van der Waals surface area contributed by atoms with Gasteiger partial charge in [-0.05, 0) is 17.7 Å². The lowest BCUT2D eigenvalue weighted by Crippen LogP contribution is -2.10. The lowest BCUT2D eigenvalue weighted by Gasteiger charge is -2.10. The highest BCUT2D eigenvalue weighted by atomic mass is 19.4. The zero-order valence-corrected chi connectivity index (χ0v) is 7.51. The third-order valence-electron chi connectivity index (χ3n) is 1.78. The molecule has 0 radical (unpaired) electrons. The topological polar surface area (TPSA) is 63.3 Å². The SMILES string of the molecule is Nc1cc(CC(=O)O)ccc1C(F)(F)F. The number of nitrogen functional groups attached to an aromatic ring is 1. The van der Waals surface area contributed by atoms with Crippen molar-refractivity contribution in [2.24, 2.45) is 0 Å². The van der Waals surface area contributed by atoms with Crippen LogP contribution >= 0.6 is 0 Å². The highest BCUT2D eigenvalue weighted by molar-refractivity contribution is 5.71. The molecule has 15 heavy (non-hydrogen) atoms. The molecule has 0 aliphatic heterocycles. The second kappa shape index (κ2) is 3.80. The molecule has 0 atom stereocenters. The fourth-order valence-electron chi connectivity index (χ4n) is 1.15. The first-order valence-electron chi connectivity index (χ1n) is 3.98. The average molecular weight is 219 g/mol. The minimum Gasteiger partial charge on any atom is -0.481 e. The number of nitrogens with two attached hydrogens (primary N) is 1. The Kier molecular flexibility index (Phi) is 2.88. The molecule has 0 fully saturated rings. The van der Waals surface area contributed by atoms with Crippen molar-refractivity contribution in [2.75, 3.05) is 5.73 Å². The summed E-state index contributed by atoms with van der Waals surface area (Å²) in [5, 5.41) is 8.42. The Bertz CT molecular complexity index is 387. The third-order valence-corrected chi connectivity index (χ3v) is 1.78. The summed E-state index contributed by atoms with van der Waals surface area (Å²) in [7, 11) is 0. The number of aliphatic carboxylic acids is 1. The number of carboxylic acids is 1. The number of anilines is 1. The normalized spacial score (nSPS) is 11.4. The Morgan fingerprint density at radius 2 is 2.00 bits per heavy atom. The molecule has 0 amide bonds. The summed E-state index contributed by atoms with van der Waals surface area (Å²) in [6, 6.07) is 2.91. The zero-order valence-electron chi connectivity index (χ0n) is 7.51. The molecule has 0 heterocycles. The van der Waals surface area contributed by atoms with Gasteiger partial charge in [0.15, 0.2) is 0 Å². The van der Waals surface area contributed by atoms with E-state index in [4.69, 9.17) is 10.8 Å². The van der Waals surface area contributed by atoms with Crippen LogP contribution in [-0.4, -0.2) is 11.1 Å². The lowest BCUT2D eigenvalue weighted by atomic mass is 10.1. The quantitative estimate of drug-likeness (QED) is 0.747. The fourth-order valence-corrected chi connectivity index (χ4v) is 1.15. The van der Waals surface area contributed by atoms with Crippen LogP contribution in [-0.2, 0) is 17.4 Å². The maximum atomic E-state index is 12.2. The van der Waals surface area contributed by atoms with Crippen molar-refractivity contribution in [3.05, 3.63) is 29.3 Å². The molecular formula is C9H8F3NO2. The fraction of sp³-hybridized carbons (Fsp3) is 0.222. The number of hydrogen-bond acceptors (Lipinski definition) is 2. The predicted octanol–water partition coefficient (Wildman–Crippen LogP) is 1.91. The van der Waals surface area contributed by atoms with Gasteiger partial charge in [0.2, 0.25) is 0 Å². The van der Waals surface area contributed by atoms with Crippen molar-refractivity contribution in [2.45, 2.75) is 12.6 Å². The number of carboxylic acid groups (broad SMARTS) is 1. The van der Waals surface area contributed by atoms with E-state index in [-0.39, 0.29) is 12.0 Å². The molecule has 0 bridgehead atoms. The summed E-state index contributed by atoms with van der Waals surface area (Å²) in [6.07, 6.45) is -4.85. The van der Waals surface area contributed by atoms with Crippen LogP contribution in [0.3, 0.4) is 0 Å². The second-order valence-electron chi connectivity index (χ2n) is 2.99. The van der Waals surface area contributed by atoms with E-state index in [1.165, 1.54) is 0 Å². The molecule has 1 rings (SSSR count). The van der Waals surface area contributed by atoms with Crippen molar-refractivity contribution in [1.82, 2.24) is 0 Å². The first-order valence-corrected chi connectivity index (χ1v) is 3.98. The molecule has 0 unspecified atom stereocenters. The largest absolute Gasteiger partial charge is 0.481 e. The summed E-state index contributed by atoms with van der Waals surface area (Å²) >= 11 is 0. The average Bonchev–Trinajstić information content (AvgIpc) is 1.99. The summed E-state index contributed by atoms with van der Waals surface area (Å²) in [5.41, 5.74) is 4.01. The van der Waals surface area contributed by atoms with E-state index in [1.807, 2.05) is 0 Å². The first-order chi connectivity index (χ1) is 6.80. The molecule has 82 valence electrons. The van der Waals surface area contributed by atoms with Gasteiger partial charge in [-0.3, -0.25) is 4.79 Å². The van der Waals surface area contributed by atoms with Gasteiger partial charge >= 0.3 is 12.1 Å². The molecule has 0 saturated carbocycles. The Hall–Kier alpha value is -1.72. The number of benzene rings is 1. The summed E-state index contributed by atoms with van der Waals surface area (Å²) < 4.78 is 36.7. The van der Waals surface area contributed by atoms with Gasteiger partial charge in [0.05, 0.1) is 12.0 Å². The molecule has 0 aromatic heterocycles. The molecule has 3 N–H and O–H groups in total. The smallest absolute Gasteiger partial charge is 0.418 e.